The van der Waals surface area contributed by atoms with Gasteiger partial charge in [-0.3, -0.25) is 14.4 Å². The van der Waals surface area contributed by atoms with Crippen LogP contribution in [0, 0.1) is 22.7 Å². The monoisotopic (exact) mass is 520 g/mol. The SMILES string of the molecule is C=C1C2=CC(=O)O[C@@]2(OC)C[C@H]2[C@H]1CC[C@@]1(O)C(C)(C)[C@H](OC(C)=O)[C@H](OC(C)=O)[C@H](OC(C)=O)[C@]21C. The summed E-state index contributed by atoms with van der Waals surface area (Å²) in [7, 11) is 1.43. The van der Waals surface area contributed by atoms with Crippen molar-refractivity contribution < 1.29 is 48.0 Å². The van der Waals surface area contributed by atoms with Gasteiger partial charge >= 0.3 is 23.9 Å². The molecule has 0 saturated heterocycles. The highest BCUT2D eigenvalue weighted by molar-refractivity contribution is 5.88. The third-order valence-corrected chi connectivity index (χ3v) is 9.37. The van der Waals surface area contributed by atoms with Gasteiger partial charge in [0.15, 0.2) is 18.3 Å². The van der Waals surface area contributed by atoms with Crippen molar-refractivity contribution in [3.05, 3.63) is 23.8 Å². The minimum absolute atomic E-state index is 0.155. The first-order valence-electron chi connectivity index (χ1n) is 12.5. The molecular weight excluding hydrogens is 484 g/mol. The van der Waals surface area contributed by atoms with Crippen molar-refractivity contribution >= 4 is 23.9 Å². The fraction of sp³-hybridized carbons (Fsp3) is 0.704. The number of rotatable bonds is 4. The molecule has 0 radical (unpaired) electrons. The van der Waals surface area contributed by atoms with E-state index in [1.165, 1.54) is 34.0 Å². The molecule has 0 unspecified atom stereocenters. The second kappa shape index (κ2) is 8.66. The van der Waals surface area contributed by atoms with Crippen LogP contribution in [-0.4, -0.2) is 65.8 Å². The summed E-state index contributed by atoms with van der Waals surface area (Å²) in [5.74, 6) is -4.61. The molecule has 0 bridgehead atoms. The third-order valence-electron chi connectivity index (χ3n) is 9.37. The van der Waals surface area contributed by atoms with Crippen molar-refractivity contribution in [1.29, 1.82) is 0 Å². The standard InChI is InChI=1S/C27H36O10/c1-13-17-9-10-27(32)24(5,6)22(35-15(3)29)21(34-14(2)28)23(36-16(4)30)25(27,7)19(17)12-26(33-8)18(13)11-20(31)37-26/h11,17,19,21-23,32H,1,9-10,12H2,2-8H3/t17-,19-,21-,22+,23-,25-,26-,27+/m0/s1. The van der Waals surface area contributed by atoms with Gasteiger partial charge in [0.1, 0.15) is 0 Å². The highest BCUT2D eigenvalue weighted by atomic mass is 16.7. The maximum Gasteiger partial charge on any atom is 0.334 e. The summed E-state index contributed by atoms with van der Waals surface area (Å²) in [4.78, 5) is 49.2. The summed E-state index contributed by atoms with van der Waals surface area (Å²) < 4.78 is 28.7. The molecule has 3 aliphatic carbocycles. The molecule has 0 aromatic heterocycles. The molecule has 1 N–H and O–H groups in total. The quantitative estimate of drug-likeness (QED) is 0.435. The van der Waals surface area contributed by atoms with Crippen LogP contribution in [0.3, 0.4) is 0 Å². The number of fused-ring (bicyclic) bond motifs is 4. The number of hydrogen-bond donors (Lipinski definition) is 1. The fourth-order valence-corrected chi connectivity index (χ4v) is 7.70. The van der Waals surface area contributed by atoms with Crippen molar-refractivity contribution in [3.63, 3.8) is 0 Å². The zero-order valence-corrected chi connectivity index (χ0v) is 22.4. The largest absolute Gasteiger partial charge is 0.458 e. The van der Waals surface area contributed by atoms with E-state index in [0.717, 1.165) is 0 Å². The lowest BCUT2D eigenvalue weighted by atomic mass is 9.39. The van der Waals surface area contributed by atoms with Gasteiger partial charge < -0.3 is 28.8 Å². The van der Waals surface area contributed by atoms with Crippen molar-refractivity contribution in [1.82, 2.24) is 0 Å². The average molecular weight is 521 g/mol. The lowest BCUT2D eigenvalue weighted by Gasteiger charge is -2.69. The molecule has 0 amide bonds. The van der Waals surface area contributed by atoms with Gasteiger partial charge in [0.25, 0.3) is 0 Å². The number of hydrogen-bond acceptors (Lipinski definition) is 10. The smallest absolute Gasteiger partial charge is 0.334 e. The Balaban J connectivity index is 1.96. The molecule has 1 heterocycles. The second-order valence-electron chi connectivity index (χ2n) is 11.4. The first kappa shape index (κ1) is 27.3. The third kappa shape index (κ3) is 3.66. The lowest BCUT2D eigenvalue weighted by molar-refractivity contribution is -0.338. The molecule has 37 heavy (non-hydrogen) atoms. The van der Waals surface area contributed by atoms with Gasteiger partial charge in [0, 0.05) is 56.8 Å². The van der Waals surface area contributed by atoms with Crippen LogP contribution in [0.5, 0.6) is 0 Å². The molecule has 0 aromatic carbocycles. The van der Waals surface area contributed by atoms with E-state index in [4.69, 9.17) is 23.7 Å². The van der Waals surface area contributed by atoms with Crippen molar-refractivity contribution in [3.8, 4) is 0 Å². The van der Waals surface area contributed by atoms with Crippen LogP contribution in [0.15, 0.2) is 23.8 Å². The molecule has 1 aliphatic heterocycles. The number of methoxy groups -OCH3 is 1. The van der Waals surface area contributed by atoms with Crippen molar-refractivity contribution in [2.24, 2.45) is 22.7 Å². The van der Waals surface area contributed by atoms with Crippen LogP contribution in [0.4, 0.5) is 0 Å². The molecule has 3 saturated carbocycles. The molecule has 204 valence electrons. The highest BCUT2D eigenvalue weighted by Crippen LogP contribution is 2.69. The van der Waals surface area contributed by atoms with Gasteiger partial charge in [0.2, 0.25) is 5.79 Å². The molecule has 8 atom stereocenters. The van der Waals surface area contributed by atoms with Gasteiger partial charge in [-0.25, -0.2) is 4.79 Å². The van der Waals surface area contributed by atoms with Gasteiger partial charge in [-0.05, 0) is 30.3 Å². The van der Waals surface area contributed by atoms with Crippen molar-refractivity contribution in [2.45, 2.75) is 90.5 Å². The summed E-state index contributed by atoms with van der Waals surface area (Å²) in [6.45, 7) is 13.3. The number of carbonyl (C=O) groups is 4. The number of ether oxygens (including phenoxy) is 5. The minimum Gasteiger partial charge on any atom is -0.458 e. The molecular formula is C27H36O10. The van der Waals surface area contributed by atoms with Gasteiger partial charge in [0.05, 0.1) is 5.60 Å². The van der Waals surface area contributed by atoms with Gasteiger partial charge in [-0.2, -0.15) is 0 Å². The Hall–Kier alpha value is -2.72. The molecule has 10 nitrogen and oxygen atoms in total. The number of esters is 4. The van der Waals surface area contributed by atoms with Crippen LogP contribution >= 0.6 is 0 Å². The Kier molecular flexibility index (Phi) is 6.39. The topological polar surface area (TPSA) is 135 Å². The van der Waals surface area contributed by atoms with Crippen LogP contribution in [0.25, 0.3) is 0 Å². The fourth-order valence-electron chi connectivity index (χ4n) is 7.70. The van der Waals surface area contributed by atoms with Gasteiger partial charge in [-0.1, -0.05) is 27.4 Å². The Morgan fingerprint density at radius 1 is 1.03 bits per heavy atom. The van der Waals surface area contributed by atoms with E-state index in [0.29, 0.717) is 17.6 Å². The zero-order valence-electron chi connectivity index (χ0n) is 22.4. The van der Waals surface area contributed by atoms with E-state index in [1.807, 2.05) is 0 Å². The summed E-state index contributed by atoms with van der Waals surface area (Å²) >= 11 is 0. The predicted octanol–water partition coefficient (Wildman–Crippen LogP) is 2.37. The maximum atomic E-state index is 12.7. The summed E-state index contributed by atoms with van der Waals surface area (Å²) in [5, 5.41) is 12.7. The van der Waals surface area contributed by atoms with E-state index in [-0.39, 0.29) is 18.8 Å². The molecule has 4 aliphatic rings. The Morgan fingerprint density at radius 3 is 2.14 bits per heavy atom. The normalized spacial score (nSPS) is 41.8. The predicted molar refractivity (Wildman–Crippen MR) is 127 cm³/mol. The second-order valence-corrected chi connectivity index (χ2v) is 11.4. The Bertz CT molecular complexity index is 1090. The summed E-state index contributed by atoms with van der Waals surface area (Å²) in [6.07, 6.45) is -1.23. The Morgan fingerprint density at radius 2 is 1.59 bits per heavy atom. The lowest BCUT2D eigenvalue weighted by Crippen LogP contribution is -2.79. The van der Waals surface area contributed by atoms with Gasteiger partial charge in [-0.15, -0.1) is 0 Å². The molecule has 10 heteroatoms. The first-order chi connectivity index (χ1) is 17.1. The summed E-state index contributed by atoms with van der Waals surface area (Å²) in [6, 6.07) is 0. The summed E-state index contributed by atoms with van der Waals surface area (Å²) in [5.41, 5.74) is -2.78. The highest BCUT2D eigenvalue weighted by Gasteiger charge is 2.77. The van der Waals surface area contributed by atoms with Crippen LogP contribution in [0.1, 0.15) is 60.8 Å². The average Bonchev–Trinajstić information content (AvgIpc) is 3.13. The number of carbonyl (C=O) groups excluding carboxylic acids is 4. The van der Waals surface area contributed by atoms with E-state index in [1.54, 1.807) is 20.8 Å². The van der Waals surface area contributed by atoms with E-state index in [2.05, 4.69) is 6.58 Å². The van der Waals surface area contributed by atoms with Crippen molar-refractivity contribution in [2.75, 3.05) is 7.11 Å². The molecule has 0 aromatic rings. The van der Waals surface area contributed by atoms with E-state index >= 15 is 0 Å². The van der Waals surface area contributed by atoms with Crippen LogP contribution in [-0.2, 0) is 42.9 Å². The minimum atomic E-state index is -1.57. The van der Waals surface area contributed by atoms with Crippen LogP contribution in [0.2, 0.25) is 0 Å². The van der Waals surface area contributed by atoms with E-state index in [9.17, 15) is 24.3 Å². The molecule has 4 rings (SSSR count). The Labute approximate surface area is 216 Å². The van der Waals surface area contributed by atoms with Crippen LogP contribution < -0.4 is 0 Å². The first-order valence-corrected chi connectivity index (χ1v) is 12.5. The van der Waals surface area contributed by atoms with E-state index < -0.39 is 70.3 Å². The molecule has 0 spiro atoms. The molecule has 3 fully saturated rings. The number of aliphatic hydroxyl groups is 1. The maximum absolute atomic E-state index is 12.7. The zero-order chi connectivity index (χ0) is 27.7.